The third-order valence-electron chi connectivity index (χ3n) is 3.90. The van der Waals surface area contributed by atoms with Crippen LogP contribution in [0.25, 0.3) is 5.69 Å². The first-order chi connectivity index (χ1) is 12.1. The normalized spacial score (nSPS) is 10.7. The molecule has 0 aliphatic rings. The molecule has 0 aliphatic heterocycles. The molecule has 25 heavy (non-hydrogen) atoms. The van der Waals surface area contributed by atoms with Crippen molar-refractivity contribution < 1.29 is 9.47 Å². The molecule has 0 spiro atoms. The Balaban J connectivity index is 1.88. The highest BCUT2D eigenvalue weighted by Gasteiger charge is 2.13. The number of thioether (sulfide) groups is 1. The second-order valence-corrected chi connectivity index (χ2v) is 6.61. The summed E-state index contributed by atoms with van der Waals surface area (Å²) in [5.41, 5.74) is 3.34. The number of methoxy groups -OCH3 is 2. The molecule has 0 saturated carbocycles. The maximum absolute atomic E-state index is 5.46. The van der Waals surface area contributed by atoms with Crippen molar-refractivity contribution in [2.75, 3.05) is 14.2 Å². The molecule has 0 fully saturated rings. The fourth-order valence-electron chi connectivity index (χ4n) is 2.64. The predicted octanol–water partition coefficient (Wildman–Crippen LogP) is 4.19. The van der Waals surface area contributed by atoms with Crippen LogP contribution in [0.2, 0.25) is 0 Å². The van der Waals surface area contributed by atoms with Crippen LogP contribution in [0.5, 0.6) is 11.5 Å². The fourth-order valence-corrected chi connectivity index (χ4v) is 3.61. The summed E-state index contributed by atoms with van der Waals surface area (Å²) in [5, 5.41) is 9.44. The highest BCUT2D eigenvalue weighted by molar-refractivity contribution is 7.98. The summed E-state index contributed by atoms with van der Waals surface area (Å²) in [7, 11) is 3.34. The van der Waals surface area contributed by atoms with Crippen LogP contribution in [-0.2, 0) is 5.75 Å². The van der Waals surface area contributed by atoms with E-state index in [0.29, 0.717) is 5.75 Å². The first-order valence-corrected chi connectivity index (χ1v) is 8.93. The highest BCUT2D eigenvalue weighted by atomic mass is 32.2. The zero-order chi connectivity index (χ0) is 17.8. The Hall–Kier alpha value is -2.47. The lowest BCUT2D eigenvalue weighted by Gasteiger charge is -2.11. The summed E-state index contributed by atoms with van der Waals surface area (Å²) in [5.74, 6) is 3.23. The third kappa shape index (κ3) is 3.79. The molecule has 0 unspecified atom stereocenters. The van der Waals surface area contributed by atoms with Crippen molar-refractivity contribution in [2.24, 2.45) is 0 Å². The van der Waals surface area contributed by atoms with Crippen molar-refractivity contribution in [1.29, 1.82) is 0 Å². The standard InChI is InChI=1S/C19H21N3O2S/c1-13-6-5-7-16(10-13)22-14(2)20-21-19(22)25-12-15-11-17(23-3)8-9-18(15)24-4/h5-11H,12H2,1-4H3. The molecule has 0 radical (unpaired) electrons. The van der Waals surface area contributed by atoms with Crippen molar-refractivity contribution >= 4 is 11.8 Å². The lowest BCUT2D eigenvalue weighted by Crippen LogP contribution is -2.00. The Labute approximate surface area is 152 Å². The van der Waals surface area contributed by atoms with Gasteiger partial charge in [0, 0.05) is 17.0 Å². The van der Waals surface area contributed by atoms with E-state index >= 15 is 0 Å². The molecular weight excluding hydrogens is 334 g/mol. The first-order valence-electron chi connectivity index (χ1n) is 7.95. The van der Waals surface area contributed by atoms with E-state index in [1.54, 1.807) is 26.0 Å². The van der Waals surface area contributed by atoms with Gasteiger partial charge in [-0.05, 0) is 49.7 Å². The minimum absolute atomic E-state index is 0.713. The Morgan fingerprint density at radius 3 is 2.56 bits per heavy atom. The van der Waals surface area contributed by atoms with Crippen LogP contribution in [0, 0.1) is 13.8 Å². The minimum Gasteiger partial charge on any atom is -0.497 e. The van der Waals surface area contributed by atoms with E-state index in [-0.39, 0.29) is 0 Å². The molecule has 0 saturated heterocycles. The SMILES string of the molecule is COc1ccc(OC)c(CSc2nnc(C)n2-c2cccc(C)c2)c1. The maximum atomic E-state index is 5.46. The lowest BCUT2D eigenvalue weighted by atomic mass is 10.2. The topological polar surface area (TPSA) is 49.2 Å². The van der Waals surface area contributed by atoms with Gasteiger partial charge in [0.05, 0.1) is 14.2 Å². The van der Waals surface area contributed by atoms with Crippen LogP contribution < -0.4 is 9.47 Å². The summed E-state index contributed by atoms with van der Waals surface area (Å²) < 4.78 is 12.8. The molecule has 1 aromatic heterocycles. The van der Waals surface area contributed by atoms with Crippen molar-refractivity contribution in [3.05, 3.63) is 59.4 Å². The molecular formula is C19H21N3O2S. The van der Waals surface area contributed by atoms with Gasteiger partial charge in [-0.25, -0.2) is 0 Å². The molecule has 5 nitrogen and oxygen atoms in total. The van der Waals surface area contributed by atoms with Crippen LogP contribution in [0.3, 0.4) is 0 Å². The molecule has 0 amide bonds. The molecule has 3 rings (SSSR count). The number of hydrogen-bond acceptors (Lipinski definition) is 5. The predicted molar refractivity (Wildman–Crippen MR) is 99.9 cm³/mol. The number of rotatable bonds is 6. The zero-order valence-corrected chi connectivity index (χ0v) is 15.6. The summed E-state index contributed by atoms with van der Waals surface area (Å²) >= 11 is 1.62. The second kappa shape index (κ2) is 7.61. The Morgan fingerprint density at radius 2 is 1.84 bits per heavy atom. The van der Waals surface area contributed by atoms with E-state index in [2.05, 4.69) is 39.9 Å². The van der Waals surface area contributed by atoms with Gasteiger partial charge in [-0.3, -0.25) is 4.57 Å². The van der Waals surface area contributed by atoms with Crippen molar-refractivity contribution in [3.63, 3.8) is 0 Å². The van der Waals surface area contributed by atoms with Crippen LogP contribution >= 0.6 is 11.8 Å². The number of ether oxygens (including phenoxy) is 2. The monoisotopic (exact) mass is 355 g/mol. The van der Waals surface area contributed by atoms with E-state index in [4.69, 9.17) is 9.47 Å². The highest BCUT2D eigenvalue weighted by Crippen LogP contribution is 2.31. The largest absolute Gasteiger partial charge is 0.497 e. The van der Waals surface area contributed by atoms with E-state index in [0.717, 1.165) is 33.7 Å². The van der Waals surface area contributed by atoms with Crippen molar-refractivity contribution in [2.45, 2.75) is 24.8 Å². The van der Waals surface area contributed by atoms with Gasteiger partial charge < -0.3 is 9.47 Å². The summed E-state index contributed by atoms with van der Waals surface area (Å²) in [6, 6.07) is 14.1. The van der Waals surface area contributed by atoms with E-state index in [9.17, 15) is 0 Å². The number of nitrogens with zero attached hydrogens (tertiary/aromatic N) is 3. The van der Waals surface area contributed by atoms with Crippen LogP contribution in [-0.4, -0.2) is 29.0 Å². The number of aryl methyl sites for hydroxylation is 2. The molecule has 3 aromatic rings. The van der Waals surface area contributed by atoms with Gasteiger partial charge in [-0.2, -0.15) is 0 Å². The Bertz CT molecular complexity index is 877. The molecule has 0 atom stereocenters. The van der Waals surface area contributed by atoms with Gasteiger partial charge in [-0.1, -0.05) is 23.9 Å². The quantitative estimate of drug-likeness (QED) is 0.621. The fraction of sp³-hybridized carbons (Fsp3) is 0.263. The van der Waals surface area contributed by atoms with Crippen molar-refractivity contribution in [1.82, 2.24) is 14.8 Å². The van der Waals surface area contributed by atoms with Gasteiger partial charge in [0.1, 0.15) is 17.3 Å². The van der Waals surface area contributed by atoms with Gasteiger partial charge in [0.25, 0.3) is 0 Å². The summed E-state index contributed by atoms with van der Waals surface area (Å²) in [4.78, 5) is 0. The smallest absolute Gasteiger partial charge is 0.196 e. The Kier molecular flexibility index (Phi) is 5.28. The number of hydrogen-bond donors (Lipinski definition) is 0. The molecule has 0 aliphatic carbocycles. The Morgan fingerprint density at radius 1 is 1.00 bits per heavy atom. The number of aromatic nitrogens is 3. The minimum atomic E-state index is 0.713. The van der Waals surface area contributed by atoms with Gasteiger partial charge >= 0.3 is 0 Å². The summed E-state index contributed by atoms with van der Waals surface area (Å²) in [6.45, 7) is 4.04. The molecule has 6 heteroatoms. The van der Waals surface area contributed by atoms with Crippen LogP contribution in [0.15, 0.2) is 47.6 Å². The average molecular weight is 355 g/mol. The van der Waals surface area contributed by atoms with Gasteiger partial charge in [0.2, 0.25) is 0 Å². The summed E-state index contributed by atoms with van der Waals surface area (Å²) in [6.07, 6.45) is 0. The van der Waals surface area contributed by atoms with E-state index < -0.39 is 0 Å². The molecule has 0 bridgehead atoms. The van der Waals surface area contributed by atoms with Crippen LogP contribution in [0.4, 0.5) is 0 Å². The molecule has 0 N–H and O–H groups in total. The van der Waals surface area contributed by atoms with Gasteiger partial charge in [-0.15, -0.1) is 10.2 Å². The molecule has 130 valence electrons. The molecule has 2 aromatic carbocycles. The lowest BCUT2D eigenvalue weighted by molar-refractivity contribution is 0.400. The maximum Gasteiger partial charge on any atom is 0.196 e. The third-order valence-corrected chi connectivity index (χ3v) is 4.88. The molecule has 1 heterocycles. The van der Waals surface area contributed by atoms with Crippen LogP contribution in [0.1, 0.15) is 17.0 Å². The zero-order valence-electron chi connectivity index (χ0n) is 14.8. The van der Waals surface area contributed by atoms with E-state index in [1.165, 1.54) is 5.56 Å². The van der Waals surface area contributed by atoms with Gasteiger partial charge in [0.15, 0.2) is 5.16 Å². The second-order valence-electron chi connectivity index (χ2n) is 5.67. The van der Waals surface area contributed by atoms with E-state index in [1.807, 2.05) is 31.2 Å². The van der Waals surface area contributed by atoms with Crippen molar-refractivity contribution in [3.8, 4) is 17.2 Å². The number of benzene rings is 2. The average Bonchev–Trinajstić information content (AvgIpc) is 3.00. The first kappa shape index (κ1) is 17.4.